The van der Waals surface area contributed by atoms with Gasteiger partial charge in [0.25, 0.3) is 0 Å². The zero-order valence-corrected chi connectivity index (χ0v) is 28.4. The molecule has 8 nitrogen and oxygen atoms in total. The van der Waals surface area contributed by atoms with Crippen LogP contribution in [0.25, 0.3) is 0 Å². The van der Waals surface area contributed by atoms with Gasteiger partial charge in [0.15, 0.2) is 5.60 Å². The number of ether oxygens (including phenoxy) is 4. The van der Waals surface area contributed by atoms with Crippen molar-refractivity contribution in [2.45, 2.75) is 135 Å². The van der Waals surface area contributed by atoms with E-state index in [4.69, 9.17) is 0 Å². The summed E-state index contributed by atoms with van der Waals surface area (Å²) in [5.41, 5.74) is -15.8. The van der Waals surface area contributed by atoms with Crippen molar-refractivity contribution in [3.05, 3.63) is 25.3 Å². The van der Waals surface area contributed by atoms with Crippen molar-refractivity contribution in [2.75, 3.05) is 0 Å². The molecule has 6 unspecified atom stereocenters. The van der Waals surface area contributed by atoms with Crippen LogP contribution in [0.5, 0.6) is 0 Å². The SMILES string of the molecule is C=CC(=O)OC1(C(F)(F)F)OC(C(F)(F)F)C(F)(F)C(C)(O)C1(F)F.C=CC(=O)OC1(C(F)(F)F)OC(CC)(C(F)(F)F)C(F)(F)C(O)(C2CCCCC2)C1(F)F. The van der Waals surface area contributed by atoms with Gasteiger partial charge in [-0.05, 0) is 26.2 Å². The second-order valence-electron chi connectivity index (χ2n) is 12.8. The topological polar surface area (TPSA) is 112 Å². The molecule has 332 valence electrons. The Morgan fingerprint density at radius 3 is 1.42 bits per heavy atom. The Kier molecular flexibility index (Phi) is 12.8. The summed E-state index contributed by atoms with van der Waals surface area (Å²) in [6, 6.07) is 0. The van der Waals surface area contributed by atoms with Crippen molar-refractivity contribution >= 4 is 11.9 Å². The molecule has 0 aromatic heterocycles. The molecule has 57 heavy (non-hydrogen) atoms. The second kappa shape index (κ2) is 14.5. The van der Waals surface area contributed by atoms with Crippen LogP contribution in [-0.2, 0) is 28.5 Å². The first-order valence-corrected chi connectivity index (χ1v) is 15.4. The maximum absolute atomic E-state index is 15.5. The van der Waals surface area contributed by atoms with Crippen LogP contribution < -0.4 is 0 Å². The average molecular weight is 884 g/mol. The minimum absolute atomic E-state index is 0.0967. The summed E-state index contributed by atoms with van der Waals surface area (Å²) in [5.74, 6) is -43.2. The molecule has 28 heteroatoms. The zero-order valence-electron chi connectivity index (χ0n) is 28.4. The molecule has 2 aliphatic heterocycles. The number of hydrogen-bond acceptors (Lipinski definition) is 8. The number of carbonyl (C=O) groups is 2. The van der Waals surface area contributed by atoms with Gasteiger partial charge >= 0.3 is 71.9 Å². The van der Waals surface area contributed by atoms with Gasteiger partial charge in [0.2, 0.25) is 17.3 Å². The van der Waals surface area contributed by atoms with Gasteiger partial charge in [-0.3, -0.25) is 0 Å². The quantitative estimate of drug-likeness (QED) is 0.156. The minimum atomic E-state index is -6.68. The van der Waals surface area contributed by atoms with Crippen LogP contribution in [0, 0.1) is 5.92 Å². The fourth-order valence-corrected chi connectivity index (χ4v) is 6.40. The first-order chi connectivity index (χ1) is 25.1. The van der Waals surface area contributed by atoms with Crippen LogP contribution >= 0.6 is 0 Å². The Bertz CT molecular complexity index is 1530. The lowest BCUT2D eigenvalue weighted by Crippen LogP contribution is -2.89. The molecule has 2 N–H and O–H groups in total. The summed E-state index contributed by atoms with van der Waals surface area (Å²) in [4.78, 5) is 22.5. The van der Waals surface area contributed by atoms with Gasteiger partial charge in [0.05, 0.1) is 0 Å². The Labute approximate surface area is 305 Å². The van der Waals surface area contributed by atoms with Gasteiger partial charge < -0.3 is 29.2 Å². The molecule has 6 atom stereocenters. The molecule has 2 heterocycles. The maximum atomic E-state index is 15.5. The lowest BCUT2D eigenvalue weighted by molar-refractivity contribution is -0.562. The predicted octanol–water partition coefficient (Wildman–Crippen LogP) is 8.25. The third-order valence-electron chi connectivity index (χ3n) is 9.50. The maximum Gasteiger partial charge on any atom is 0.462 e. The fraction of sp³-hybridized carbons (Fsp3) is 0.793. The molecule has 0 amide bonds. The molecule has 3 rings (SSSR count). The van der Waals surface area contributed by atoms with Crippen molar-refractivity contribution in [1.29, 1.82) is 0 Å². The van der Waals surface area contributed by atoms with Crippen molar-refractivity contribution in [3.63, 3.8) is 0 Å². The van der Waals surface area contributed by atoms with E-state index in [9.17, 15) is 90.0 Å². The molecular formula is C29H28F20O8. The van der Waals surface area contributed by atoms with Crippen LogP contribution in [0.1, 0.15) is 52.4 Å². The third-order valence-corrected chi connectivity index (χ3v) is 9.50. The fourth-order valence-electron chi connectivity index (χ4n) is 6.40. The monoisotopic (exact) mass is 884 g/mol. The third kappa shape index (κ3) is 6.89. The van der Waals surface area contributed by atoms with E-state index < -0.39 is 127 Å². The van der Waals surface area contributed by atoms with Crippen molar-refractivity contribution in [3.8, 4) is 0 Å². The highest BCUT2D eigenvalue weighted by Gasteiger charge is 2.97. The highest BCUT2D eigenvalue weighted by atomic mass is 19.4. The molecule has 0 radical (unpaired) electrons. The number of alkyl halides is 20. The van der Waals surface area contributed by atoms with Crippen molar-refractivity contribution in [1.82, 2.24) is 0 Å². The minimum Gasteiger partial charge on any atom is -0.415 e. The molecule has 0 aromatic carbocycles. The van der Waals surface area contributed by atoms with Gasteiger partial charge in [0, 0.05) is 18.1 Å². The van der Waals surface area contributed by atoms with E-state index in [1.165, 1.54) is 0 Å². The Hall–Kier alpha value is -3.14. The number of aliphatic hydroxyl groups is 2. The van der Waals surface area contributed by atoms with Crippen LogP contribution in [0.4, 0.5) is 87.8 Å². The molecule has 1 saturated carbocycles. The average Bonchev–Trinajstić information content (AvgIpc) is 3.04. The standard InChI is InChI=1S/C18H20F10O4.C11H8F10O4/c1-3-11(29)31-16(18(26,27)28)15(21,22)13(30,10-8-6-5-7-9-10)14(19,20)12(4-2,32-16)17(23,24)25;1-3-4(22)24-10(11(19,20)21)9(17,18)6(2,23)7(12,13)5(25-10)8(14,15)16/h3,10,30H,1,4-9H2,2H3;3,5,23H,1H2,2H3. The summed E-state index contributed by atoms with van der Waals surface area (Å²) in [6.45, 7) is 4.87. The number of rotatable bonds is 6. The molecular weight excluding hydrogens is 856 g/mol. The molecule has 3 aliphatic rings. The van der Waals surface area contributed by atoms with E-state index in [2.05, 4.69) is 32.1 Å². The number of hydrogen-bond donors (Lipinski definition) is 2. The van der Waals surface area contributed by atoms with E-state index in [-0.39, 0.29) is 31.4 Å². The summed E-state index contributed by atoms with van der Waals surface area (Å²) in [5, 5.41) is 19.9. The van der Waals surface area contributed by atoms with Crippen LogP contribution in [0.15, 0.2) is 25.3 Å². The Balaban J connectivity index is 0.000000406. The smallest absolute Gasteiger partial charge is 0.415 e. The summed E-state index contributed by atoms with van der Waals surface area (Å²) in [7, 11) is 0. The summed E-state index contributed by atoms with van der Waals surface area (Å²) < 4.78 is 292. The van der Waals surface area contributed by atoms with E-state index in [1.807, 2.05) is 0 Å². The Morgan fingerprint density at radius 2 is 1.09 bits per heavy atom. The largest absolute Gasteiger partial charge is 0.462 e. The van der Waals surface area contributed by atoms with Crippen LogP contribution in [0.3, 0.4) is 0 Å². The van der Waals surface area contributed by atoms with Crippen molar-refractivity contribution in [2.24, 2.45) is 5.92 Å². The summed E-state index contributed by atoms with van der Waals surface area (Å²) >= 11 is 0. The van der Waals surface area contributed by atoms with E-state index >= 15 is 17.6 Å². The first-order valence-electron chi connectivity index (χ1n) is 15.4. The van der Waals surface area contributed by atoms with E-state index in [0.717, 1.165) is 0 Å². The molecule has 0 bridgehead atoms. The molecule has 3 fully saturated rings. The summed E-state index contributed by atoms with van der Waals surface area (Å²) in [6.07, 6.45) is -34.6. The normalized spacial score (nSPS) is 35.5. The van der Waals surface area contributed by atoms with Gasteiger partial charge in [-0.25, -0.2) is 9.59 Å². The van der Waals surface area contributed by atoms with Crippen molar-refractivity contribution < 1.29 is 127 Å². The Morgan fingerprint density at radius 1 is 0.684 bits per heavy atom. The highest BCUT2D eigenvalue weighted by Crippen LogP contribution is 2.70. The molecule has 2 saturated heterocycles. The molecule has 1 aliphatic carbocycles. The van der Waals surface area contributed by atoms with Gasteiger partial charge in [-0.1, -0.05) is 39.3 Å². The lowest BCUT2D eigenvalue weighted by atomic mass is 9.61. The van der Waals surface area contributed by atoms with Crippen LogP contribution in [-0.4, -0.2) is 105 Å². The van der Waals surface area contributed by atoms with Gasteiger partial charge in [0.1, 0.15) is 0 Å². The second-order valence-corrected chi connectivity index (χ2v) is 12.8. The van der Waals surface area contributed by atoms with Crippen LogP contribution in [0.2, 0.25) is 0 Å². The molecule has 0 spiro atoms. The predicted molar refractivity (Wildman–Crippen MR) is 143 cm³/mol. The highest BCUT2D eigenvalue weighted by molar-refractivity contribution is 5.82. The number of carbonyl (C=O) groups excluding carboxylic acids is 2. The first kappa shape index (κ1) is 50.0. The van der Waals surface area contributed by atoms with Gasteiger partial charge in [-0.15, -0.1) is 0 Å². The van der Waals surface area contributed by atoms with Gasteiger partial charge in [-0.2, -0.15) is 87.8 Å². The van der Waals surface area contributed by atoms with E-state index in [1.54, 1.807) is 0 Å². The number of esters is 2. The number of halogens is 20. The zero-order chi connectivity index (χ0) is 45.3. The lowest BCUT2D eigenvalue weighted by Gasteiger charge is -2.62. The molecule has 0 aromatic rings. The van der Waals surface area contributed by atoms with E-state index in [0.29, 0.717) is 6.92 Å².